The summed E-state index contributed by atoms with van der Waals surface area (Å²) in [5.41, 5.74) is 2.86. The number of aryl methyl sites for hydroxylation is 2. The van der Waals surface area contributed by atoms with E-state index in [0.29, 0.717) is 10.4 Å². The van der Waals surface area contributed by atoms with Crippen molar-refractivity contribution in [3.63, 3.8) is 0 Å². The van der Waals surface area contributed by atoms with Crippen LogP contribution in [0.3, 0.4) is 0 Å². The number of hydrogen-bond donors (Lipinski definition) is 0. The molecule has 0 aliphatic rings. The second kappa shape index (κ2) is 5.73. The van der Waals surface area contributed by atoms with Crippen LogP contribution >= 0.6 is 11.3 Å². The topological polar surface area (TPSA) is 34.4 Å². The molecule has 0 fully saturated rings. The van der Waals surface area contributed by atoms with E-state index in [9.17, 15) is 4.79 Å². The second-order valence-electron chi connectivity index (χ2n) is 5.86. The van der Waals surface area contributed by atoms with Gasteiger partial charge >= 0.3 is 0 Å². The molecule has 0 aliphatic heterocycles. The van der Waals surface area contributed by atoms with Gasteiger partial charge in [-0.3, -0.25) is 4.79 Å². The van der Waals surface area contributed by atoms with Crippen LogP contribution in [-0.2, 0) is 7.05 Å². The fraction of sp³-hybridized carbons (Fsp3) is 0.100. The van der Waals surface area contributed by atoms with Gasteiger partial charge in [-0.1, -0.05) is 59.4 Å². The van der Waals surface area contributed by atoms with Gasteiger partial charge in [0.2, 0.25) is 0 Å². The number of hydrogen-bond acceptors (Lipinski definition) is 2. The van der Waals surface area contributed by atoms with Crippen LogP contribution in [0.5, 0.6) is 0 Å². The van der Waals surface area contributed by atoms with Crippen LogP contribution in [0.4, 0.5) is 0 Å². The summed E-state index contributed by atoms with van der Waals surface area (Å²) < 4.78 is 3.14. The number of nitrogens with zero attached hydrogens (tertiary/aromatic N) is 2. The number of carbonyl (C=O) groups is 1. The van der Waals surface area contributed by atoms with Crippen LogP contribution in [0, 0.1) is 6.92 Å². The number of carbonyl (C=O) groups excluding carboxylic acids is 1. The van der Waals surface area contributed by atoms with Gasteiger partial charge in [0.05, 0.1) is 10.2 Å². The van der Waals surface area contributed by atoms with E-state index in [1.165, 1.54) is 10.8 Å². The third kappa shape index (κ3) is 2.45. The predicted octanol–water partition coefficient (Wildman–Crippen LogP) is 4.44. The average Bonchev–Trinajstić information content (AvgIpc) is 2.92. The largest absolute Gasteiger partial charge is 0.319 e. The van der Waals surface area contributed by atoms with E-state index in [4.69, 9.17) is 0 Å². The first-order chi connectivity index (χ1) is 11.6. The molecular formula is C20H16N2OS. The Labute approximate surface area is 143 Å². The van der Waals surface area contributed by atoms with E-state index < -0.39 is 0 Å². The van der Waals surface area contributed by atoms with Gasteiger partial charge in [0.1, 0.15) is 0 Å². The highest BCUT2D eigenvalue weighted by Crippen LogP contribution is 2.26. The van der Waals surface area contributed by atoms with Crippen molar-refractivity contribution in [2.24, 2.45) is 12.0 Å². The van der Waals surface area contributed by atoms with E-state index in [2.05, 4.69) is 29.3 Å². The predicted molar refractivity (Wildman–Crippen MR) is 99.4 cm³/mol. The summed E-state index contributed by atoms with van der Waals surface area (Å²) in [5, 5.41) is 2.37. The molecule has 1 amide bonds. The Hall–Kier alpha value is -2.72. The van der Waals surface area contributed by atoms with Crippen LogP contribution in [0.15, 0.2) is 65.7 Å². The number of amides is 1. The smallest absolute Gasteiger partial charge is 0.279 e. The van der Waals surface area contributed by atoms with E-state index in [1.54, 1.807) is 11.3 Å². The first-order valence-corrected chi connectivity index (χ1v) is 8.58. The van der Waals surface area contributed by atoms with Crippen LogP contribution in [0.25, 0.3) is 21.0 Å². The van der Waals surface area contributed by atoms with E-state index >= 15 is 0 Å². The molecule has 1 aromatic heterocycles. The molecule has 3 aromatic carbocycles. The van der Waals surface area contributed by atoms with Crippen molar-refractivity contribution in [1.29, 1.82) is 0 Å². The Morgan fingerprint density at radius 2 is 1.75 bits per heavy atom. The summed E-state index contributed by atoms with van der Waals surface area (Å²) in [7, 11) is 1.96. The first kappa shape index (κ1) is 14.8. The third-order valence-corrected chi connectivity index (χ3v) is 5.28. The molecule has 0 radical (unpaired) electrons. The standard InChI is InChI=1S/C20H16N2OS/c1-13-7-9-15(10-8-13)19(23)21-20-22(2)18-16-6-4-3-5-14(16)11-12-17(18)24-20/h3-12H,1-2H3. The van der Waals surface area contributed by atoms with Gasteiger partial charge in [0.15, 0.2) is 4.80 Å². The monoisotopic (exact) mass is 332 g/mol. The van der Waals surface area contributed by atoms with Crippen molar-refractivity contribution in [2.45, 2.75) is 6.92 Å². The summed E-state index contributed by atoms with van der Waals surface area (Å²) in [6.07, 6.45) is 0. The molecule has 0 aliphatic carbocycles. The quantitative estimate of drug-likeness (QED) is 0.507. The van der Waals surface area contributed by atoms with Crippen LogP contribution in [-0.4, -0.2) is 10.5 Å². The van der Waals surface area contributed by atoms with E-state index in [1.807, 2.05) is 54.9 Å². The summed E-state index contributed by atoms with van der Waals surface area (Å²) in [6, 6.07) is 20.0. The Morgan fingerprint density at radius 3 is 2.54 bits per heavy atom. The molecule has 0 saturated heterocycles. The van der Waals surface area contributed by atoms with Gasteiger partial charge < -0.3 is 4.57 Å². The van der Waals surface area contributed by atoms with Crippen molar-refractivity contribution < 1.29 is 4.79 Å². The molecule has 0 saturated carbocycles. The molecule has 0 unspecified atom stereocenters. The minimum atomic E-state index is -0.207. The molecule has 0 atom stereocenters. The highest BCUT2D eigenvalue weighted by atomic mass is 32.1. The molecule has 24 heavy (non-hydrogen) atoms. The summed E-state index contributed by atoms with van der Waals surface area (Å²) in [6.45, 7) is 2.00. The van der Waals surface area contributed by atoms with Gasteiger partial charge in [-0.15, -0.1) is 0 Å². The lowest BCUT2D eigenvalue weighted by atomic mass is 10.1. The van der Waals surface area contributed by atoms with Crippen molar-refractivity contribution in [1.82, 2.24) is 4.57 Å². The lowest BCUT2D eigenvalue weighted by Crippen LogP contribution is -2.13. The summed E-state index contributed by atoms with van der Waals surface area (Å²) in [4.78, 5) is 17.5. The van der Waals surface area contributed by atoms with Crippen LogP contribution in [0.1, 0.15) is 15.9 Å². The minimum absolute atomic E-state index is 0.207. The van der Waals surface area contributed by atoms with Gasteiger partial charge in [-0.2, -0.15) is 4.99 Å². The van der Waals surface area contributed by atoms with Gasteiger partial charge in [-0.25, -0.2) is 0 Å². The number of rotatable bonds is 1. The molecule has 4 heteroatoms. The zero-order valence-electron chi connectivity index (χ0n) is 13.5. The molecule has 4 aromatic rings. The SMILES string of the molecule is Cc1ccc(C(=O)N=c2sc3ccc4ccccc4c3n2C)cc1. The van der Waals surface area contributed by atoms with Crippen molar-refractivity contribution in [3.05, 3.63) is 76.6 Å². The number of fused-ring (bicyclic) bond motifs is 3. The fourth-order valence-electron chi connectivity index (χ4n) is 2.87. The van der Waals surface area contributed by atoms with Gasteiger partial charge in [0.25, 0.3) is 5.91 Å². The normalized spacial score (nSPS) is 12.2. The molecule has 3 nitrogen and oxygen atoms in total. The Balaban J connectivity index is 1.91. The Bertz CT molecular complexity index is 1130. The molecule has 0 spiro atoms. The van der Waals surface area contributed by atoms with Crippen LogP contribution in [0.2, 0.25) is 0 Å². The molecule has 1 heterocycles. The molecule has 0 N–H and O–H groups in total. The first-order valence-electron chi connectivity index (χ1n) is 7.76. The summed E-state index contributed by atoms with van der Waals surface area (Å²) in [5.74, 6) is -0.207. The van der Waals surface area contributed by atoms with Gasteiger partial charge in [-0.05, 0) is 30.5 Å². The molecule has 4 rings (SSSR count). The third-order valence-electron chi connectivity index (χ3n) is 4.18. The Kier molecular flexibility index (Phi) is 3.54. The van der Waals surface area contributed by atoms with Crippen molar-refractivity contribution in [2.75, 3.05) is 0 Å². The van der Waals surface area contributed by atoms with Crippen molar-refractivity contribution >= 4 is 38.2 Å². The lowest BCUT2D eigenvalue weighted by molar-refractivity contribution is 0.0998. The Morgan fingerprint density at radius 1 is 1.00 bits per heavy atom. The highest BCUT2D eigenvalue weighted by Gasteiger charge is 2.09. The maximum absolute atomic E-state index is 12.4. The highest BCUT2D eigenvalue weighted by molar-refractivity contribution is 7.16. The van der Waals surface area contributed by atoms with E-state index in [-0.39, 0.29) is 5.91 Å². The molecular weight excluding hydrogens is 316 g/mol. The number of thiazole rings is 1. The zero-order chi connectivity index (χ0) is 16.7. The van der Waals surface area contributed by atoms with Gasteiger partial charge in [0, 0.05) is 18.0 Å². The molecule has 118 valence electrons. The minimum Gasteiger partial charge on any atom is -0.319 e. The maximum atomic E-state index is 12.4. The maximum Gasteiger partial charge on any atom is 0.279 e. The number of aromatic nitrogens is 1. The second-order valence-corrected chi connectivity index (χ2v) is 6.87. The zero-order valence-corrected chi connectivity index (χ0v) is 14.3. The van der Waals surface area contributed by atoms with Crippen molar-refractivity contribution in [3.8, 4) is 0 Å². The lowest BCUT2D eigenvalue weighted by Gasteiger charge is -2.01. The number of benzene rings is 3. The van der Waals surface area contributed by atoms with E-state index in [0.717, 1.165) is 15.8 Å². The summed E-state index contributed by atoms with van der Waals surface area (Å²) >= 11 is 1.54. The van der Waals surface area contributed by atoms with Crippen LogP contribution < -0.4 is 4.80 Å². The molecule has 0 bridgehead atoms. The fourth-order valence-corrected chi connectivity index (χ4v) is 3.90. The average molecular weight is 332 g/mol.